The number of benzene rings is 3. The lowest BCUT2D eigenvalue weighted by atomic mass is 9.40. The molecule has 0 heteroatoms. The summed E-state index contributed by atoms with van der Waals surface area (Å²) in [4.78, 5) is 0. The van der Waals surface area contributed by atoms with E-state index in [0.29, 0.717) is 0 Å². The third kappa shape index (κ3) is 4.12. The third-order valence-electron chi connectivity index (χ3n) is 19.0. The molecule has 0 heterocycles. The summed E-state index contributed by atoms with van der Waals surface area (Å²) in [5.41, 5.74) is 6.49. The second-order valence-corrected chi connectivity index (χ2v) is 19.9. The van der Waals surface area contributed by atoms with Gasteiger partial charge in [-0.3, -0.25) is 0 Å². The van der Waals surface area contributed by atoms with E-state index in [-0.39, 0.29) is 0 Å². The normalized spacial score (nSPS) is 49.3. The molecule has 18 atom stereocenters. The lowest BCUT2D eigenvalue weighted by molar-refractivity contribution is -0.169. The molecule has 9 fully saturated rings. The summed E-state index contributed by atoms with van der Waals surface area (Å²) in [5.74, 6) is 17.7. The van der Waals surface area contributed by atoms with Gasteiger partial charge in [0.15, 0.2) is 0 Å². The molecule has 12 rings (SSSR count). The summed E-state index contributed by atoms with van der Waals surface area (Å²) in [5, 5.41) is 0. The van der Waals surface area contributed by atoms with Crippen LogP contribution in [0.25, 0.3) is 11.1 Å². The first kappa shape index (κ1) is 30.2. The molecule has 0 N–H and O–H groups in total. The van der Waals surface area contributed by atoms with E-state index in [2.05, 4.69) is 84.9 Å². The first-order chi connectivity index (χ1) is 24.8. The zero-order valence-electron chi connectivity index (χ0n) is 30.4. The smallest absolute Gasteiger partial charge is 0.00905 e. The van der Waals surface area contributed by atoms with Crippen LogP contribution >= 0.6 is 0 Å². The van der Waals surface area contributed by atoms with Gasteiger partial charge in [-0.25, -0.2) is 0 Å². The first-order valence-corrected chi connectivity index (χ1v) is 22.0. The molecule has 0 aliphatic heterocycles. The molecule has 0 amide bonds. The Labute approximate surface area is 302 Å². The van der Waals surface area contributed by atoms with Crippen LogP contribution in [0.15, 0.2) is 84.9 Å². The van der Waals surface area contributed by atoms with E-state index in [1.165, 1.54) is 31.2 Å². The fraction of sp³-hybridized carbons (Fsp3) is 0.640. The highest BCUT2D eigenvalue weighted by atomic mass is 14.7. The van der Waals surface area contributed by atoms with Crippen LogP contribution in [0.2, 0.25) is 0 Å². The van der Waals surface area contributed by atoms with Crippen LogP contribution in [0.3, 0.4) is 0 Å². The summed E-state index contributed by atoms with van der Waals surface area (Å²) >= 11 is 0. The summed E-state index contributed by atoms with van der Waals surface area (Å²) in [6.45, 7) is 0. The quantitative estimate of drug-likeness (QED) is 0.262. The Morgan fingerprint density at radius 1 is 0.320 bits per heavy atom. The molecule has 18 unspecified atom stereocenters. The van der Waals surface area contributed by atoms with Crippen molar-refractivity contribution < 1.29 is 0 Å². The van der Waals surface area contributed by atoms with E-state index in [9.17, 15) is 0 Å². The largest absolute Gasteiger partial charge is 0.0622 e. The molecule has 0 nitrogen and oxygen atoms in total. The number of hydrogen-bond donors (Lipinski definition) is 0. The Morgan fingerprint density at radius 2 is 0.780 bits per heavy atom. The van der Waals surface area contributed by atoms with Gasteiger partial charge in [-0.1, -0.05) is 97.8 Å². The van der Waals surface area contributed by atoms with E-state index in [1.54, 1.807) is 80.9 Å². The Hall–Kier alpha value is -2.34. The lowest BCUT2D eigenvalue weighted by Gasteiger charge is -2.65. The molecule has 9 aliphatic carbocycles. The number of hydrogen-bond acceptors (Lipinski definition) is 0. The molecular weight excluding hydrogens is 601 g/mol. The van der Waals surface area contributed by atoms with E-state index in [4.69, 9.17) is 0 Å². The second kappa shape index (κ2) is 11.6. The van der Waals surface area contributed by atoms with Crippen molar-refractivity contribution in [1.82, 2.24) is 0 Å². The highest BCUT2D eigenvalue weighted by Crippen LogP contribution is 2.77. The molecule has 260 valence electrons. The van der Waals surface area contributed by atoms with Crippen molar-refractivity contribution >= 4 is 0 Å². The van der Waals surface area contributed by atoms with Crippen LogP contribution in [0.4, 0.5) is 0 Å². The van der Waals surface area contributed by atoms with Gasteiger partial charge in [0.2, 0.25) is 0 Å². The van der Waals surface area contributed by atoms with Gasteiger partial charge in [0.25, 0.3) is 0 Å². The zero-order valence-corrected chi connectivity index (χ0v) is 30.4. The van der Waals surface area contributed by atoms with E-state index >= 15 is 0 Å². The summed E-state index contributed by atoms with van der Waals surface area (Å²) < 4.78 is 0. The highest BCUT2D eigenvalue weighted by molar-refractivity contribution is 5.68. The first-order valence-electron chi connectivity index (χ1n) is 22.0. The molecule has 9 aliphatic rings. The molecule has 0 saturated heterocycles. The fourth-order valence-electron chi connectivity index (χ4n) is 18.3. The molecular formula is C50H60. The van der Waals surface area contributed by atoms with Crippen molar-refractivity contribution in [1.29, 1.82) is 0 Å². The third-order valence-corrected chi connectivity index (χ3v) is 19.0. The Bertz CT molecular complexity index is 1680. The topological polar surface area (TPSA) is 0 Å². The summed E-state index contributed by atoms with van der Waals surface area (Å²) in [7, 11) is 0. The minimum atomic E-state index is 0.730. The maximum absolute atomic E-state index is 2.64. The standard InChI is InChI=1S/C50H60/c1-3-11-29(12-4-1)33-15-7-8-16-34(33)47-36-18-10-9-17-35(36)44(30-13-5-2-6-14-30)49-41-27-25-39-37-23-21-31-19-20-32-22-24-38(45(37)43(31)32)40-26-28-42(50(47)49)48(41)46(39)40/h1-8,11-16,31-32,35-50H,9-10,17-28H2. The molecule has 0 spiro atoms. The van der Waals surface area contributed by atoms with Gasteiger partial charge in [0.1, 0.15) is 0 Å². The Balaban J connectivity index is 1.01. The Morgan fingerprint density at radius 3 is 1.44 bits per heavy atom. The van der Waals surface area contributed by atoms with E-state index in [0.717, 1.165) is 107 Å². The van der Waals surface area contributed by atoms with Crippen LogP contribution in [0, 0.1) is 94.7 Å². The maximum Gasteiger partial charge on any atom is -0.00905 e. The van der Waals surface area contributed by atoms with Gasteiger partial charge in [0, 0.05) is 0 Å². The zero-order chi connectivity index (χ0) is 32.5. The van der Waals surface area contributed by atoms with Crippen LogP contribution in [-0.4, -0.2) is 0 Å². The molecule has 0 radical (unpaired) electrons. The van der Waals surface area contributed by atoms with Gasteiger partial charge < -0.3 is 0 Å². The van der Waals surface area contributed by atoms with E-state index in [1.807, 2.05) is 0 Å². The fourth-order valence-corrected chi connectivity index (χ4v) is 18.3. The second-order valence-electron chi connectivity index (χ2n) is 19.9. The predicted octanol–water partition coefficient (Wildman–Crippen LogP) is 12.7. The minimum absolute atomic E-state index is 0.730. The number of rotatable bonds is 3. The van der Waals surface area contributed by atoms with E-state index < -0.39 is 0 Å². The van der Waals surface area contributed by atoms with Gasteiger partial charge in [-0.05, 0) is 206 Å². The summed E-state index contributed by atoms with van der Waals surface area (Å²) in [6.07, 6.45) is 21.7. The van der Waals surface area contributed by atoms with Gasteiger partial charge in [0.05, 0.1) is 0 Å². The van der Waals surface area contributed by atoms with Gasteiger partial charge in [-0.15, -0.1) is 0 Å². The lowest BCUT2D eigenvalue weighted by Crippen LogP contribution is -2.59. The van der Waals surface area contributed by atoms with Crippen LogP contribution < -0.4 is 0 Å². The molecule has 3 aromatic rings. The van der Waals surface area contributed by atoms with Crippen molar-refractivity contribution in [2.24, 2.45) is 94.7 Å². The monoisotopic (exact) mass is 660 g/mol. The molecule has 3 aromatic carbocycles. The molecule has 9 saturated carbocycles. The predicted molar refractivity (Wildman–Crippen MR) is 204 cm³/mol. The van der Waals surface area contributed by atoms with Crippen molar-refractivity contribution in [3.8, 4) is 11.1 Å². The minimum Gasteiger partial charge on any atom is -0.0622 e. The Kier molecular flexibility index (Phi) is 6.98. The number of fused-ring (bicyclic) bond motifs is 6. The van der Waals surface area contributed by atoms with Crippen LogP contribution in [-0.2, 0) is 0 Å². The van der Waals surface area contributed by atoms with Crippen LogP contribution in [0.1, 0.15) is 113 Å². The average molecular weight is 661 g/mol. The van der Waals surface area contributed by atoms with Crippen molar-refractivity contribution in [2.45, 2.75) is 102 Å². The van der Waals surface area contributed by atoms with Crippen molar-refractivity contribution in [3.63, 3.8) is 0 Å². The van der Waals surface area contributed by atoms with Gasteiger partial charge in [-0.2, -0.15) is 0 Å². The highest BCUT2D eigenvalue weighted by Gasteiger charge is 2.70. The average Bonchev–Trinajstić information content (AvgIpc) is 3.76. The van der Waals surface area contributed by atoms with Crippen LogP contribution in [0.5, 0.6) is 0 Å². The maximum atomic E-state index is 2.64. The molecule has 0 bridgehead atoms. The molecule has 50 heavy (non-hydrogen) atoms. The molecule has 0 aromatic heterocycles. The van der Waals surface area contributed by atoms with Crippen molar-refractivity contribution in [3.05, 3.63) is 96.1 Å². The van der Waals surface area contributed by atoms with Crippen molar-refractivity contribution in [2.75, 3.05) is 0 Å². The van der Waals surface area contributed by atoms with Gasteiger partial charge >= 0.3 is 0 Å². The summed E-state index contributed by atoms with van der Waals surface area (Å²) in [6, 6.07) is 33.7. The SMILES string of the molecule is c1ccc(-c2ccccc2C2C3CCCCC3C(c3ccccc3)C3C4CCC5C6CCC7CCC8CCC(C9CCC(C4C59)C23)C6C78)cc1.